The van der Waals surface area contributed by atoms with Gasteiger partial charge in [-0.15, -0.1) is 0 Å². The molecule has 7 heteroatoms. The monoisotopic (exact) mass is 330 g/mol. The molecule has 24 heavy (non-hydrogen) atoms. The molecule has 2 heterocycles. The molecule has 0 aromatic carbocycles. The number of nitrogens with one attached hydrogen (secondary N) is 1. The van der Waals surface area contributed by atoms with Crippen LogP contribution >= 0.6 is 0 Å². The molecule has 0 radical (unpaired) electrons. The molecule has 0 spiro atoms. The zero-order valence-electron chi connectivity index (χ0n) is 14.5. The van der Waals surface area contributed by atoms with Crippen molar-refractivity contribution in [1.82, 2.24) is 20.1 Å². The van der Waals surface area contributed by atoms with Crippen LogP contribution in [0.2, 0.25) is 0 Å². The van der Waals surface area contributed by atoms with E-state index in [1.54, 1.807) is 16.8 Å². The van der Waals surface area contributed by atoms with E-state index in [2.05, 4.69) is 15.4 Å². The second-order valence-corrected chi connectivity index (χ2v) is 5.95. The number of hydrogen-bond acceptors (Lipinski definition) is 5. The first-order chi connectivity index (χ1) is 11.3. The smallest absolute Gasteiger partial charge is 0.340 e. The molecule has 0 aliphatic heterocycles. The Morgan fingerprint density at radius 1 is 1.21 bits per heavy atom. The molecule has 7 nitrogen and oxygen atoms in total. The van der Waals surface area contributed by atoms with Crippen LogP contribution in [0.1, 0.15) is 42.5 Å². The quantitative estimate of drug-likeness (QED) is 0.847. The van der Waals surface area contributed by atoms with Crippen LogP contribution < -0.4 is 5.32 Å². The predicted molar refractivity (Wildman–Crippen MR) is 89.0 cm³/mol. The van der Waals surface area contributed by atoms with Gasteiger partial charge in [0.1, 0.15) is 0 Å². The van der Waals surface area contributed by atoms with Crippen LogP contribution in [0.25, 0.3) is 5.82 Å². The maximum atomic E-state index is 12.1. The van der Waals surface area contributed by atoms with E-state index < -0.39 is 12.1 Å². The summed E-state index contributed by atoms with van der Waals surface area (Å²) in [5.41, 5.74) is 2.13. The lowest BCUT2D eigenvalue weighted by molar-refractivity contribution is -0.129. The molecule has 0 fully saturated rings. The number of aryl methyl sites for hydroxylation is 2. The summed E-state index contributed by atoms with van der Waals surface area (Å²) in [5, 5.41) is 7.03. The highest BCUT2D eigenvalue weighted by atomic mass is 16.5. The third kappa shape index (κ3) is 4.18. The topological polar surface area (TPSA) is 86.1 Å². The molecule has 128 valence electrons. The molecule has 0 bridgehead atoms. The number of carbonyl (C=O) groups is 2. The van der Waals surface area contributed by atoms with Gasteiger partial charge >= 0.3 is 5.97 Å². The zero-order valence-corrected chi connectivity index (χ0v) is 14.5. The Bertz CT molecular complexity index is 735. The van der Waals surface area contributed by atoms with E-state index in [1.165, 1.54) is 13.1 Å². The number of pyridine rings is 1. The highest BCUT2D eigenvalue weighted by molar-refractivity contribution is 5.92. The molecule has 0 aliphatic rings. The van der Waals surface area contributed by atoms with Crippen LogP contribution in [0.3, 0.4) is 0 Å². The van der Waals surface area contributed by atoms with Crippen molar-refractivity contribution in [2.24, 2.45) is 0 Å². The van der Waals surface area contributed by atoms with E-state index >= 15 is 0 Å². The number of nitrogens with zero attached hydrogens (tertiary/aromatic N) is 3. The summed E-state index contributed by atoms with van der Waals surface area (Å²) in [5.74, 6) is -0.304. The molecule has 1 N–H and O–H groups in total. The SMILES string of the molecule is Cc1cc(C)n(-c2ccc(C(=O)OC(C)C(=O)NC(C)C)cn2)n1. The zero-order chi connectivity index (χ0) is 17.9. The lowest BCUT2D eigenvalue weighted by atomic mass is 10.2. The Labute approximate surface area is 141 Å². The normalized spacial score (nSPS) is 12.1. The molecule has 2 rings (SSSR count). The van der Waals surface area contributed by atoms with Crippen molar-refractivity contribution in [3.8, 4) is 5.82 Å². The first-order valence-electron chi connectivity index (χ1n) is 7.79. The Morgan fingerprint density at radius 3 is 2.42 bits per heavy atom. The molecular formula is C17H22N4O3. The summed E-state index contributed by atoms with van der Waals surface area (Å²) in [6.07, 6.45) is 0.553. The summed E-state index contributed by atoms with van der Waals surface area (Å²) in [7, 11) is 0. The second-order valence-electron chi connectivity index (χ2n) is 5.95. The van der Waals surface area contributed by atoms with E-state index in [0.717, 1.165) is 11.4 Å². The van der Waals surface area contributed by atoms with E-state index in [4.69, 9.17) is 4.74 Å². The van der Waals surface area contributed by atoms with E-state index in [0.29, 0.717) is 5.82 Å². The van der Waals surface area contributed by atoms with Crippen LogP contribution in [-0.2, 0) is 9.53 Å². The summed E-state index contributed by atoms with van der Waals surface area (Å²) < 4.78 is 6.86. The molecular weight excluding hydrogens is 308 g/mol. The molecule has 2 aromatic heterocycles. The third-order valence-electron chi connectivity index (χ3n) is 3.29. The van der Waals surface area contributed by atoms with Crippen LogP contribution in [0.15, 0.2) is 24.4 Å². The van der Waals surface area contributed by atoms with Gasteiger partial charge in [0.05, 0.1) is 11.3 Å². The number of amides is 1. The Hall–Kier alpha value is -2.70. The predicted octanol–water partition coefficient (Wildman–Crippen LogP) is 1.95. The van der Waals surface area contributed by atoms with Crippen LogP contribution in [0.5, 0.6) is 0 Å². The van der Waals surface area contributed by atoms with Gasteiger partial charge in [0.2, 0.25) is 0 Å². The summed E-state index contributed by atoms with van der Waals surface area (Å²) in [6.45, 7) is 9.05. The molecule has 2 aromatic rings. The van der Waals surface area contributed by atoms with Crippen molar-refractivity contribution in [1.29, 1.82) is 0 Å². The van der Waals surface area contributed by atoms with Crippen LogP contribution in [0.4, 0.5) is 0 Å². The lowest BCUT2D eigenvalue weighted by Gasteiger charge is -2.15. The molecule has 0 saturated heterocycles. The van der Waals surface area contributed by atoms with Crippen molar-refractivity contribution in [2.45, 2.75) is 46.8 Å². The fourth-order valence-electron chi connectivity index (χ4n) is 2.18. The highest BCUT2D eigenvalue weighted by Crippen LogP contribution is 2.11. The Kier molecular flexibility index (Phi) is 5.33. The second kappa shape index (κ2) is 7.25. The standard InChI is InChI=1S/C17H22N4O3/c1-10(2)19-16(22)13(5)24-17(23)14-6-7-15(18-9-14)21-12(4)8-11(3)20-21/h6-10,13H,1-5H3,(H,19,22). The van der Waals surface area contributed by atoms with Crippen molar-refractivity contribution in [3.63, 3.8) is 0 Å². The van der Waals surface area contributed by atoms with Crippen molar-refractivity contribution in [3.05, 3.63) is 41.3 Å². The van der Waals surface area contributed by atoms with Gasteiger partial charge in [0.15, 0.2) is 11.9 Å². The minimum absolute atomic E-state index is 0.0135. The van der Waals surface area contributed by atoms with Gasteiger partial charge in [-0.2, -0.15) is 5.10 Å². The first-order valence-corrected chi connectivity index (χ1v) is 7.79. The molecule has 1 atom stereocenters. The first kappa shape index (κ1) is 17.7. The summed E-state index contributed by atoms with van der Waals surface area (Å²) in [6, 6.07) is 5.22. The van der Waals surface area contributed by atoms with Gasteiger partial charge in [0, 0.05) is 17.9 Å². The molecule has 0 aliphatic carbocycles. The highest BCUT2D eigenvalue weighted by Gasteiger charge is 2.19. The Balaban J connectivity index is 2.06. The summed E-state index contributed by atoms with van der Waals surface area (Å²) >= 11 is 0. The minimum Gasteiger partial charge on any atom is -0.449 e. The number of carbonyl (C=O) groups excluding carboxylic acids is 2. The van der Waals surface area contributed by atoms with Gasteiger partial charge < -0.3 is 10.1 Å². The van der Waals surface area contributed by atoms with E-state index in [9.17, 15) is 9.59 Å². The number of rotatable bonds is 5. The van der Waals surface area contributed by atoms with E-state index in [1.807, 2.05) is 33.8 Å². The molecule has 0 saturated carbocycles. The summed E-state index contributed by atoms with van der Waals surface area (Å²) in [4.78, 5) is 28.1. The maximum Gasteiger partial charge on any atom is 0.340 e. The lowest BCUT2D eigenvalue weighted by Crippen LogP contribution is -2.39. The molecule has 1 unspecified atom stereocenters. The van der Waals surface area contributed by atoms with E-state index in [-0.39, 0.29) is 17.5 Å². The largest absolute Gasteiger partial charge is 0.449 e. The number of aromatic nitrogens is 3. The average molecular weight is 330 g/mol. The van der Waals surface area contributed by atoms with Crippen molar-refractivity contribution < 1.29 is 14.3 Å². The van der Waals surface area contributed by atoms with Crippen LogP contribution in [-0.4, -0.2) is 38.8 Å². The van der Waals surface area contributed by atoms with Gasteiger partial charge in [-0.3, -0.25) is 4.79 Å². The van der Waals surface area contributed by atoms with Crippen molar-refractivity contribution >= 4 is 11.9 Å². The number of ether oxygens (including phenoxy) is 1. The number of hydrogen-bond donors (Lipinski definition) is 1. The fourth-order valence-corrected chi connectivity index (χ4v) is 2.18. The fraction of sp³-hybridized carbons (Fsp3) is 0.412. The molecule has 1 amide bonds. The maximum absolute atomic E-state index is 12.1. The minimum atomic E-state index is -0.865. The number of esters is 1. The van der Waals surface area contributed by atoms with Gasteiger partial charge in [-0.1, -0.05) is 0 Å². The van der Waals surface area contributed by atoms with Gasteiger partial charge in [-0.25, -0.2) is 14.5 Å². The van der Waals surface area contributed by atoms with Crippen molar-refractivity contribution in [2.75, 3.05) is 0 Å². The average Bonchev–Trinajstić information content (AvgIpc) is 2.85. The third-order valence-corrected chi connectivity index (χ3v) is 3.29. The Morgan fingerprint density at radius 2 is 1.92 bits per heavy atom. The van der Waals surface area contributed by atoms with Gasteiger partial charge in [-0.05, 0) is 52.8 Å². The van der Waals surface area contributed by atoms with Crippen LogP contribution in [0, 0.1) is 13.8 Å². The van der Waals surface area contributed by atoms with Gasteiger partial charge in [0.25, 0.3) is 5.91 Å².